The molecule has 32 heavy (non-hydrogen) atoms. The topological polar surface area (TPSA) is 113 Å². The highest BCUT2D eigenvalue weighted by molar-refractivity contribution is 5.76. The molecule has 0 unspecified atom stereocenters. The molecule has 1 N–H and O–H groups in total. The highest BCUT2D eigenvalue weighted by Crippen LogP contribution is 2.32. The lowest BCUT2D eigenvalue weighted by molar-refractivity contribution is -0.121. The Morgan fingerprint density at radius 3 is 2.72 bits per heavy atom. The maximum Gasteiger partial charge on any atom is 0.283 e. The number of benzene rings is 2. The fraction of sp³-hybridized carbons (Fsp3) is 0.227. The number of carbonyl (C=O) groups excluding carboxylic acids is 1. The summed E-state index contributed by atoms with van der Waals surface area (Å²) in [6.07, 6.45) is 1.35. The van der Waals surface area contributed by atoms with Gasteiger partial charge < -0.3 is 14.8 Å². The number of nitrogens with one attached hydrogen (secondary N) is 1. The second-order valence-electron chi connectivity index (χ2n) is 7.55. The number of aromatic nitrogens is 5. The number of carbonyl (C=O) groups is 1. The summed E-state index contributed by atoms with van der Waals surface area (Å²) >= 11 is 0. The minimum atomic E-state index is -0.414. The molecule has 162 valence electrons. The average Bonchev–Trinajstić information content (AvgIpc) is 3.43. The Balaban J connectivity index is 1.27. The second kappa shape index (κ2) is 8.14. The van der Waals surface area contributed by atoms with Crippen LogP contribution in [0.5, 0.6) is 11.5 Å². The molecule has 10 nitrogen and oxygen atoms in total. The molecule has 0 saturated carbocycles. The number of hydrogen-bond acceptors (Lipinski definition) is 7. The van der Waals surface area contributed by atoms with E-state index < -0.39 is 5.56 Å². The third-order valence-electron chi connectivity index (χ3n) is 5.19. The molecule has 0 spiro atoms. The number of fused-ring (bicyclic) bond motifs is 2. The third-order valence-corrected chi connectivity index (χ3v) is 5.19. The summed E-state index contributed by atoms with van der Waals surface area (Å²) in [7, 11) is 0. The Labute approximate surface area is 182 Å². The number of aryl methyl sites for hydroxylation is 1. The standard InChI is InChI=1S/C22H20N6O4/c1-14-2-4-15(5-3-14)10-28-21-20(25-26-28)22(30)27(12-24-21)11-19(29)23-9-16-6-7-17-18(8-16)32-13-31-17/h2-8,12H,9-11,13H2,1H3,(H,23,29). The van der Waals surface area contributed by atoms with E-state index >= 15 is 0 Å². The second-order valence-corrected chi connectivity index (χ2v) is 7.55. The van der Waals surface area contributed by atoms with Crippen LogP contribution >= 0.6 is 0 Å². The predicted molar refractivity (Wildman–Crippen MR) is 114 cm³/mol. The van der Waals surface area contributed by atoms with Gasteiger partial charge in [-0.2, -0.15) is 0 Å². The van der Waals surface area contributed by atoms with E-state index in [2.05, 4.69) is 20.6 Å². The molecule has 1 aliphatic heterocycles. The summed E-state index contributed by atoms with van der Waals surface area (Å²) in [6.45, 7) is 2.79. The van der Waals surface area contributed by atoms with Crippen LogP contribution in [0.3, 0.4) is 0 Å². The highest BCUT2D eigenvalue weighted by Gasteiger charge is 2.15. The van der Waals surface area contributed by atoms with Crippen molar-refractivity contribution in [2.45, 2.75) is 26.6 Å². The number of nitrogens with zero attached hydrogens (tertiary/aromatic N) is 5. The fourth-order valence-electron chi connectivity index (χ4n) is 3.43. The van der Waals surface area contributed by atoms with E-state index in [9.17, 15) is 9.59 Å². The summed E-state index contributed by atoms with van der Waals surface area (Å²) in [6, 6.07) is 13.5. The van der Waals surface area contributed by atoms with Gasteiger partial charge in [-0.25, -0.2) is 9.67 Å². The zero-order valence-electron chi connectivity index (χ0n) is 17.3. The van der Waals surface area contributed by atoms with Gasteiger partial charge in [0.05, 0.1) is 6.54 Å². The van der Waals surface area contributed by atoms with Crippen LogP contribution in [-0.2, 0) is 24.4 Å². The summed E-state index contributed by atoms with van der Waals surface area (Å²) in [5, 5.41) is 10.8. The van der Waals surface area contributed by atoms with Gasteiger partial charge in [0.25, 0.3) is 5.56 Å². The third kappa shape index (κ3) is 3.89. The van der Waals surface area contributed by atoms with Gasteiger partial charge in [-0.3, -0.25) is 14.2 Å². The first kappa shape index (κ1) is 19.7. The van der Waals surface area contributed by atoms with Crippen LogP contribution in [0.25, 0.3) is 11.2 Å². The summed E-state index contributed by atoms with van der Waals surface area (Å²) in [5.41, 5.74) is 3.15. The van der Waals surface area contributed by atoms with Gasteiger partial charge >= 0.3 is 0 Å². The van der Waals surface area contributed by atoms with E-state index in [0.29, 0.717) is 30.2 Å². The van der Waals surface area contributed by atoms with Crippen molar-refractivity contribution < 1.29 is 14.3 Å². The van der Waals surface area contributed by atoms with E-state index in [4.69, 9.17) is 9.47 Å². The zero-order valence-corrected chi connectivity index (χ0v) is 17.3. The molecule has 5 rings (SSSR count). The minimum absolute atomic E-state index is 0.128. The Morgan fingerprint density at radius 1 is 1.09 bits per heavy atom. The van der Waals surface area contributed by atoms with E-state index in [1.807, 2.05) is 43.3 Å². The predicted octanol–water partition coefficient (Wildman–Crippen LogP) is 1.39. The lowest BCUT2D eigenvalue weighted by Gasteiger charge is -2.08. The molecule has 4 aromatic rings. The lowest BCUT2D eigenvalue weighted by atomic mass is 10.1. The van der Waals surface area contributed by atoms with E-state index in [1.54, 1.807) is 10.7 Å². The lowest BCUT2D eigenvalue weighted by Crippen LogP contribution is -2.32. The molecule has 0 radical (unpaired) electrons. The van der Waals surface area contributed by atoms with Crippen LogP contribution in [0.4, 0.5) is 0 Å². The molecule has 0 bridgehead atoms. The molecule has 2 aromatic carbocycles. The Hall–Kier alpha value is -4.21. The van der Waals surface area contributed by atoms with Gasteiger partial charge in [-0.15, -0.1) is 5.10 Å². The van der Waals surface area contributed by atoms with E-state index in [1.165, 1.54) is 10.9 Å². The molecule has 0 fully saturated rings. The van der Waals surface area contributed by atoms with Crippen molar-refractivity contribution in [3.8, 4) is 11.5 Å². The minimum Gasteiger partial charge on any atom is -0.454 e. The number of ether oxygens (including phenoxy) is 2. The SMILES string of the molecule is Cc1ccc(Cn2nnc3c(=O)n(CC(=O)NCc4ccc5c(c4)OCO5)cnc32)cc1. The average molecular weight is 432 g/mol. The first-order chi connectivity index (χ1) is 15.6. The van der Waals surface area contributed by atoms with E-state index in [-0.39, 0.29) is 24.8 Å². The fourth-order valence-corrected chi connectivity index (χ4v) is 3.43. The van der Waals surface area contributed by atoms with Gasteiger partial charge in [-0.05, 0) is 30.2 Å². The van der Waals surface area contributed by atoms with Gasteiger partial charge in [0.1, 0.15) is 12.9 Å². The van der Waals surface area contributed by atoms with Crippen LogP contribution in [0.1, 0.15) is 16.7 Å². The molecule has 0 aliphatic carbocycles. The van der Waals surface area contributed by atoms with Crippen LogP contribution in [0, 0.1) is 6.92 Å². The van der Waals surface area contributed by atoms with Crippen molar-refractivity contribution >= 4 is 17.1 Å². The van der Waals surface area contributed by atoms with Crippen molar-refractivity contribution in [2.75, 3.05) is 6.79 Å². The largest absolute Gasteiger partial charge is 0.454 e. The summed E-state index contributed by atoms with van der Waals surface area (Å²) in [5.74, 6) is 1.01. The number of amides is 1. The van der Waals surface area contributed by atoms with Gasteiger partial charge in [0.15, 0.2) is 22.7 Å². The Bertz CT molecular complexity index is 1360. The van der Waals surface area contributed by atoms with Gasteiger partial charge in [0, 0.05) is 6.54 Å². The van der Waals surface area contributed by atoms with Crippen LogP contribution in [0.15, 0.2) is 53.6 Å². The van der Waals surface area contributed by atoms with Gasteiger partial charge in [-0.1, -0.05) is 41.1 Å². The molecule has 0 saturated heterocycles. The van der Waals surface area contributed by atoms with Crippen molar-refractivity contribution in [2.24, 2.45) is 0 Å². The first-order valence-corrected chi connectivity index (χ1v) is 10.1. The Kier molecular flexibility index (Phi) is 5.02. The van der Waals surface area contributed by atoms with Crippen LogP contribution < -0.4 is 20.3 Å². The molecule has 1 amide bonds. The van der Waals surface area contributed by atoms with Crippen molar-refractivity contribution in [3.05, 3.63) is 75.8 Å². The maximum absolute atomic E-state index is 12.8. The molecular formula is C22H20N6O4. The maximum atomic E-state index is 12.8. The monoisotopic (exact) mass is 432 g/mol. The van der Waals surface area contributed by atoms with Crippen molar-refractivity contribution in [1.29, 1.82) is 0 Å². The van der Waals surface area contributed by atoms with Crippen molar-refractivity contribution in [1.82, 2.24) is 29.9 Å². The highest BCUT2D eigenvalue weighted by atomic mass is 16.7. The smallest absolute Gasteiger partial charge is 0.283 e. The van der Waals surface area contributed by atoms with Gasteiger partial charge in [0.2, 0.25) is 12.7 Å². The first-order valence-electron chi connectivity index (χ1n) is 10.1. The molecule has 10 heteroatoms. The molecule has 1 aliphatic rings. The van der Waals surface area contributed by atoms with Crippen LogP contribution in [-0.4, -0.2) is 37.2 Å². The molecule has 3 heterocycles. The number of rotatable bonds is 6. The number of hydrogen-bond donors (Lipinski definition) is 1. The molecule has 0 atom stereocenters. The summed E-state index contributed by atoms with van der Waals surface area (Å²) < 4.78 is 13.4. The Morgan fingerprint density at radius 2 is 1.88 bits per heavy atom. The van der Waals surface area contributed by atoms with Crippen LogP contribution in [0.2, 0.25) is 0 Å². The zero-order chi connectivity index (χ0) is 22.1. The quantitative estimate of drug-likeness (QED) is 0.490. The molecular weight excluding hydrogens is 412 g/mol. The van der Waals surface area contributed by atoms with Crippen molar-refractivity contribution in [3.63, 3.8) is 0 Å². The molecule has 2 aromatic heterocycles. The normalized spacial score (nSPS) is 12.3. The van der Waals surface area contributed by atoms with E-state index in [0.717, 1.165) is 16.7 Å². The summed E-state index contributed by atoms with van der Waals surface area (Å²) in [4.78, 5) is 29.5.